The third-order valence-electron chi connectivity index (χ3n) is 3.52. The molecule has 0 aliphatic carbocycles. The van der Waals surface area contributed by atoms with Crippen molar-refractivity contribution in [1.29, 1.82) is 0 Å². The van der Waals surface area contributed by atoms with Gasteiger partial charge in [0.15, 0.2) is 0 Å². The quantitative estimate of drug-likeness (QED) is 0.490. The molecule has 1 N–H and O–H groups in total. The van der Waals surface area contributed by atoms with E-state index in [0.717, 1.165) is 12.7 Å². The zero-order valence-electron chi connectivity index (χ0n) is 16.1. The fraction of sp³-hybridized carbons (Fsp3) is 0.526. The lowest BCUT2D eigenvalue weighted by molar-refractivity contribution is -0.175. The Morgan fingerprint density at radius 1 is 0.962 bits per heavy atom. The number of methoxy groups -OCH3 is 1. The summed E-state index contributed by atoms with van der Waals surface area (Å²) in [6, 6.07) is 8.76. The zero-order valence-corrected chi connectivity index (χ0v) is 16.1. The Balaban J connectivity index is 2.99. The Bertz CT molecular complexity index is 633. The van der Waals surface area contributed by atoms with Crippen molar-refractivity contribution in [3.05, 3.63) is 35.9 Å². The van der Waals surface area contributed by atoms with E-state index < -0.39 is 35.3 Å². The second-order valence-electron chi connectivity index (χ2n) is 7.37. The Morgan fingerprint density at radius 2 is 1.54 bits per heavy atom. The Morgan fingerprint density at radius 3 is 2.04 bits per heavy atom. The van der Waals surface area contributed by atoms with Gasteiger partial charge in [-0.1, -0.05) is 30.3 Å². The second kappa shape index (κ2) is 8.69. The molecule has 144 valence electrons. The summed E-state index contributed by atoms with van der Waals surface area (Å²) in [6.45, 7) is 8.47. The van der Waals surface area contributed by atoms with Gasteiger partial charge in [-0.05, 0) is 46.6 Å². The van der Waals surface area contributed by atoms with Crippen LogP contribution in [0.2, 0.25) is 0 Å². The van der Waals surface area contributed by atoms with Crippen molar-refractivity contribution in [1.82, 2.24) is 5.32 Å². The van der Waals surface area contributed by atoms with Gasteiger partial charge in [0.2, 0.25) is 0 Å². The lowest BCUT2D eigenvalue weighted by Gasteiger charge is -2.34. The van der Waals surface area contributed by atoms with Crippen LogP contribution in [0.1, 0.15) is 40.2 Å². The van der Waals surface area contributed by atoms with Crippen LogP contribution in [0.15, 0.2) is 30.3 Å². The largest absolute Gasteiger partial charge is 0.461 e. The molecule has 1 amide bonds. The average Bonchev–Trinajstić information content (AvgIpc) is 2.52. The summed E-state index contributed by atoms with van der Waals surface area (Å²) in [5.41, 5.74) is -0.928. The first kappa shape index (κ1) is 21.5. The van der Waals surface area contributed by atoms with E-state index in [1.807, 2.05) is 30.3 Å². The van der Waals surface area contributed by atoms with Gasteiger partial charge < -0.3 is 19.5 Å². The van der Waals surface area contributed by atoms with Crippen LogP contribution in [0.4, 0.5) is 4.79 Å². The first-order valence-corrected chi connectivity index (χ1v) is 8.29. The number of ether oxygens (including phenoxy) is 3. The maximum atomic E-state index is 12.2. The molecule has 1 aromatic carbocycles. The van der Waals surface area contributed by atoms with E-state index in [2.05, 4.69) is 10.1 Å². The summed E-state index contributed by atoms with van der Waals surface area (Å²) in [5.74, 6) is -2.23. The van der Waals surface area contributed by atoms with Gasteiger partial charge in [-0.25, -0.2) is 14.4 Å². The number of hydrogen-bond acceptors (Lipinski definition) is 6. The number of rotatable bonds is 5. The molecule has 26 heavy (non-hydrogen) atoms. The topological polar surface area (TPSA) is 90.9 Å². The van der Waals surface area contributed by atoms with Gasteiger partial charge in [0.25, 0.3) is 0 Å². The summed E-state index contributed by atoms with van der Waals surface area (Å²) in [5, 5.41) is 2.73. The Labute approximate surface area is 154 Å². The van der Waals surface area contributed by atoms with E-state index >= 15 is 0 Å². The summed E-state index contributed by atoms with van der Waals surface area (Å²) in [7, 11) is 1.09. The van der Waals surface area contributed by atoms with Crippen LogP contribution in [0.3, 0.4) is 0 Å². The van der Waals surface area contributed by atoms with Gasteiger partial charge in [0.05, 0.1) is 13.2 Å². The fourth-order valence-electron chi connectivity index (χ4n) is 2.21. The standard InChI is InChI=1S/C19H27NO6/c1-18(2,3)26-17(23)20-14(12-13-10-8-7-9-11-13)19(4,5)25-16(22)15(21)24-6/h7-11,14H,12H2,1-6H3,(H,20,23)/t14-/m0/s1. The first-order valence-electron chi connectivity index (χ1n) is 8.29. The third kappa shape index (κ3) is 7.13. The second-order valence-corrected chi connectivity index (χ2v) is 7.37. The van der Waals surface area contributed by atoms with Crippen LogP contribution in [0, 0.1) is 0 Å². The van der Waals surface area contributed by atoms with Crippen molar-refractivity contribution in [2.24, 2.45) is 0 Å². The molecule has 0 spiro atoms. The molecule has 0 unspecified atom stereocenters. The monoisotopic (exact) mass is 365 g/mol. The number of esters is 2. The summed E-state index contributed by atoms with van der Waals surface area (Å²) >= 11 is 0. The van der Waals surface area contributed by atoms with E-state index in [1.165, 1.54) is 0 Å². The molecule has 0 aromatic heterocycles. The number of alkyl carbamates (subject to hydrolysis) is 1. The van der Waals surface area contributed by atoms with E-state index in [9.17, 15) is 14.4 Å². The smallest absolute Gasteiger partial charge is 0.418 e. The van der Waals surface area contributed by atoms with Crippen LogP contribution < -0.4 is 5.32 Å². The van der Waals surface area contributed by atoms with Crippen LogP contribution in [0.25, 0.3) is 0 Å². The highest BCUT2D eigenvalue weighted by Crippen LogP contribution is 2.21. The molecule has 0 saturated heterocycles. The fourth-order valence-corrected chi connectivity index (χ4v) is 2.21. The Kier molecular flexibility index (Phi) is 7.18. The molecule has 1 aromatic rings. The van der Waals surface area contributed by atoms with Crippen molar-refractivity contribution < 1.29 is 28.6 Å². The number of hydrogen-bond donors (Lipinski definition) is 1. The molecule has 0 saturated carbocycles. The maximum absolute atomic E-state index is 12.2. The Hall–Kier alpha value is -2.57. The van der Waals surface area contributed by atoms with Crippen molar-refractivity contribution in [3.8, 4) is 0 Å². The molecule has 7 nitrogen and oxygen atoms in total. The van der Waals surface area contributed by atoms with Crippen LogP contribution in [-0.4, -0.2) is 42.4 Å². The normalized spacial score (nSPS) is 12.7. The highest BCUT2D eigenvalue weighted by atomic mass is 16.6. The maximum Gasteiger partial charge on any atom is 0.418 e. The van der Waals surface area contributed by atoms with Gasteiger partial charge in [-0.3, -0.25) is 0 Å². The highest BCUT2D eigenvalue weighted by Gasteiger charge is 2.37. The van der Waals surface area contributed by atoms with Crippen molar-refractivity contribution >= 4 is 18.0 Å². The molecule has 0 fully saturated rings. The zero-order chi connectivity index (χ0) is 20.0. The number of amides is 1. The molecule has 1 atom stereocenters. The molecule has 0 aliphatic rings. The third-order valence-corrected chi connectivity index (χ3v) is 3.52. The summed E-state index contributed by atoms with van der Waals surface area (Å²) < 4.78 is 14.9. The van der Waals surface area contributed by atoms with Gasteiger partial charge in [-0.2, -0.15) is 0 Å². The molecule has 0 aliphatic heterocycles. The van der Waals surface area contributed by atoms with Crippen molar-refractivity contribution in [3.63, 3.8) is 0 Å². The number of benzene rings is 1. The van der Waals surface area contributed by atoms with Crippen molar-refractivity contribution in [2.45, 2.75) is 58.3 Å². The molecule has 0 bridgehead atoms. The minimum absolute atomic E-state index is 0.377. The van der Waals surface area contributed by atoms with E-state index in [-0.39, 0.29) is 0 Å². The summed E-state index contributed by atoms with van der Waals surface area (Å²) in [4.78, 5) is 35.4. The van der Waals surface area contributed by atoms with Crippen LogP contribution in [0.5, 0.6) is 0 Å². The molecular formula is C19H27NO6. The number of carbonyl (C=O) groups excluding carboxylic acids is 3. The minimum Gasteiger partial charge on any atom is -0.461 e. The van der Waals surface area contributed by atoms with Gasteiger partial charge >= 0.3 is 18.0 Å². The van der Waals surface area contributed by atoms with Crippen molar-refractivity contribution in [2.75, 3.05) is 7.11 Å². The predicted octanol–water partition coefficient (Wildman–Crippen LogP) is 2.62. The molecule has 7 heteroatoms. The minimum atomic E-state index is -1.18. The lowest BCUT2D eigenvalue weighted by Crippen LogP contribution is -2.54. The lowest BCUT2D eigenvalue weighted by atomic mass is 9.92. The van der Waals surface area contributed by atoms with E-state index in [4.69, 9.17) is 9.47 Å². The van der Waals surface area contributed by atoms with E-state index in [1.54, 1.807) is 34.6 Å². The predicted molar refractivity (Wildman–Crippen MR) is 95.5 cm³/mol. The van der Waals surface area contributed by atoms with Crippen LogP contribution >= 0.6 is 0 Å². The number of nitrogens with one attached hydrogen (secondary N) is 1. The average molecular weight is 365 g/mol. The van der Waals surface area contributed by atoms with Gasteiger partial charge in [0.1, 0.15) is 11.2 Å². The van der Waals surface area contributed by atoms with E-state index in [0.29, 0.717) is 6.42 Å². The molecule has 0 radical (unpaired) electrons. The first-order chi connectivity index (χ1) is 11.9. The molecular weight excluding hydrogens is 338 g/mol. The number of carbonyl (C=O) groups is 3. The highest BCUT2D eigenvalue weighted by molar-refractivity contribution is 6.29. The SMILES string of the molecule is COC(=O)C(=O)OC(C)(C)[C@H](Cc1ccccc1)NC(=O)OC(C)(C)C. The summed E-state index contributed by atoms with van der Waals surface area (Å²) in [6.07, 6.45) is -0.262. The van der Waals surface area contributed by atoms with Gasteiger partial charge in [0, 0.05) is 0 Å². The molecule has 0 heterocycles. The van der Waals surface area contributed by atoms with Gasteiger partial charge in [-0.15, -0.1) is 0 Å². The van der Waals surface area contributed by atoms with Crippen LogP contribution in [-0.2, 0) is 30.2 Å². The molecule has 1 rings (SSSR count).